The molecule has 2 nitrogen and oxygen atoms in total. The van der Waals surface area contributed by atoms with Crippen LogP contribution in [0.2, 0.25) is 5.02 Å². The summed E-state index contributed by atoms with van der Waals surface area (Å²) in [6, 6.07) is 12.3. The third-order valence-electron chi connectivity index (χ3n) is 3.26. The second kappa shape index (κ2) is 6.73. The summed E-state index contributed by atoms with van der Waals surface area (Å²) < 4.78 is 19.4. The highest BCUT2D eigenvalue weighted by atomic mass is 35.5. The second-order valence-electron chi connectivity index (χ2n) is 4.53. The van der Waals surface area contributed by atoms with Gasteiger partial charge in [-0.25, -0.2) is 4.39 Å². The zero-order chi connectivity index (χ0) is 14.5. The topological polar surface area (TPSA) is 21.3 Å². The Morgan fingerprint density at radius 2 is 2.00 bits per heavy atom. The summed E-state index contributed by atoms with van der Waals surface area (Å²) >= 11 is 5.99. The van der Waals surface area contributed by atoms with E-state index in [-0.39, 0.29) is 11.9 Å². The SMILES string of the molecule is CNC(Cc1cccc(Cl)c1)c1c(F)cccc1OC. The van der Waals surface area contributed by atoms with Crippen molar-refractivity contribution in [1.29, 1.82) is 0 Å². The average Bonchev–Trinajstić information content (AvgIpc) is 2.45. The van der Waals surface area contributed by atoms with Gasteiger partial charge in [-0.05, 0) is 43.3 Å². The first-order valence-electron chi connectivity index (χ1n) is 6.39. The lowest BCUT2D eigenvalue weighted by molar-refractivity contribution is 0.393. The van der Waals surface area contributed by atoms with Crippen LogP contribution in [0.5, 0.6) is 5.75 Å². The lowest BCUT2D eigenvalue weighted by Gasteiger charge is -2.20. The van der Waals surface area contributed by atoms with Gasteiger partial charge in [0, 0.05) is 16.6 Å². The van der Waals surface area contributed by atoms with Gasteiger partial charge < -0.3 is 10.1 Å². The smallest absolute Gasteiger partial charge is 0.131 e. The van der Waals surface area contributed by atoms with Crippen LogP contribution in [0.1, 0.15) is 17.2 Å². The third-order valence-corrected chi connectivity index (χ3v) is 3.49. The summed E-state index contributed by atoms with van der Waals surface area (Å²) in [4.78, 5) is 0. The van der Waals surface area contributed by atoms with E-state index in [1.807, 2.05) is 24.3 Å². The highest BCUT2D eigenvalue weighted by molar-refractivity contribution is 6.30. The standard InChI is InChI=1S/C16H17ClFNO/c1-19-14(10-11-5-3-6-12(17)9-11)16-13(18)7-4-8-15(16)20-2/h3-9,14,19H,10H2,1-2H3. The van der Waals surface area contributed by atoms with Crippen LogP contribution in [0, 0.1) is 5.82 Å². The molecule has 0 spiro atoms. The van der Waals surface area contributed by atoms with E-state index in [1.54, 1.807) is 26.3 Å². The zero-order valence-electron chi connectivity index (χ0n) is 11.5. The number of nitrogens with one attached hydrogen (secondary N) is 1. The van der Waals surface area contributed by atoms with Gasteiger partial charge in [0.2, 0.25) is 0 Å². The fraction of sp³-hybridized carbons (Fsp3) is 0.250. The maximum atomic E-state index is 14.1. The van der Waals surface area contributed by atoms with Crippen LogP contribution < -0.4 is 10.1 Å². The molecule has 0 heterocycles. The molecule has 1 N–H and O–H groups in total. The van der Waals surface area contributed by atoms with Crippen LogP contribution in [-0.2, 0) is 6.42 Å². The van der Waals surface area contributed by atoms with Gasteiger partial charge in [-0.2, -0.15) is 0 Å². The van der Waals surface area contributed by atoms with Crippen molar-refractivity contribution in [3.63, 3.8) is 0 Å². The molecule has 0 aromatic heterocycles. The number of likely N-dealkylation sites (N-methyl/N-ethyl adjacent to an activating group) is 1. The van der Waals surface area contributed by atoms with Gasteiger partial charge >= 0.3 is 0 Å². The number of halogens is 2. The number of rotatable bonds is 5. The molecule has 0 bridgehead atoms. The van der Waals surface area contributed by atoms with Crippen LogP contribution >= 0.6 is 11.6 Å². The Morgan fingerprint density at radius 1 is 1.25 bits per heavy atom. The van der Waals surface area contributed by atoms with Gasteiger partial charge in [-0.3, -0.25) is 0 Å². The molecular weight excluding hydrogens is 277 g/mol. The summed E-state index contributed by atoms with van der Waals surface area (Å²) in [5.74, 6) is 0.275. The van der Waals surface area contributed by atoms with Gasteiger partial charge in [0.1, 0.15) is 11.6 Å². The van der Waals surface area contributed by atoms with E-state index < -0.39 is 0 Å². The molecule has 1 atom stereocenters. The summed E-state index contributed by atoms with van der Waals surface area (Å²) in [7, 11) is 3.35. The van der Waals surface area contributed by atoms with Crippen molar-refractivity contribution in [3.8, 4) is 5.75 Å². The zero-order valence-corrected chi connectivity index (χ0v) is 12.2. The lowest BCUT2D eigenvalue weighted by atomic mass is 9.97. The summed E-state index contributed by atoms with van der Waals surface area (Å²) in [5, 5.41) is 3.82. The minimum Gasteiger partial charge on any atom is -0.496 e. The Kier molecular flexibility index (Phi) is 4.99. The van der Waals surface area contributed by atoms with Crippen molar-refractivity contribution in [1.82, 2.24) is 5.32 Å². The molecule has 0 saturated carbocycles. The van der Waals surface area contributed by atoms with Gasteiger partial charge in [0.05, 0.1) is 7.11 Å². The minimum atomic E-state index is -0.272. The van der Waals surface area contributed by atoms with Crippen molar-refractivity contribution >= 4 is 11.6 Å². The number of methoxy groups -OCH3 is 1. The second-order valence-corrected chi connectivity index (χ2v) is 4.97. The predicted octanol–water partition coefficient (Wildman–Crippen LogP) is 3.99. The van der Waals surface area contributed by atoms with E-state index >= 15 is 0 Å². The summed E-state index contributed by atoms with van der Waals surface area (Å²) in [5.41, 5.74) is 1.58. The van der Waals surface area contributed by atoms with Crippen LogP contribution in [0.4, 0.5) is 4.39 Å². The van der Waals surface area contributed by atoms with Crippen molar-refractivity contribution in [2.24, 2.45) is 0 Å². The van der Waals surface area contributed by atoms with Crippen molar-refractivity contribution in [2.75, 3.05) is 14.2 Å². The minimum absolute atomic E-state index is 0.176. The van der Waals surface area contributed by atoms with Crippen LogP contribution in [0.3, 0.4) is 0 Å². The van der Waals surface area contributed by atoms with Crippen molar-refractivity contribution in [3.05, 3.63) is 64.4 Å². The Labute approximate surface area is 123 Å². The third kappa shape index (κ3) is 3.30. The van der Waals surface area contributed by atoms with Crippen LogP contribution in [0.15, 0.2) is 42.5 Å². The molecule has 20 heavy (non-hydrogen) atoms. The van der Waals surface area contributed by atoms with Crippen LogP contribution in [0.25, 0.3) is 0 Å². The summed E-state index contributed by atoms with van der Waals surface area (Å²) in [6.45, 7) is 0. The molecule has 0 saturated heterocycles. The largest absolute Gasteiger partial charge is 0.496 e. The van der Waals surface area contributed by atoms with Gasteiger partial charge in [0.15, 0.2) is 0 Å². The first-order chi connectivity index (χ1) is 9.65. The van der Waals surface area contributed by atoms with E-state index in [1.165, 1.54) is 6.07 Å². The monoisotopic (exact) mass is 293 g/mol. The first kappa shape index (κ1) is 14.8. The number of hydrogen-bond donors (Lipinski definition) is 1. The van der Waals surface area contributed by atoms with Gasteiger partial charge in [0.25, 0.3) is 0 Å². The van der Waals surface area contributed by atoms with Crippen molar-refractivity contribution < 1.29 is 9.13 Å². The molecular formula is C16H17ClFNO. The Hall–Kier alpha value is -1.58. The molecule has 2 rings (SSSR count). The molecule has 4 heteroatoms. The van der Waals surface area contributed by atoms with Gasteiger partial charge in [-0.1, -0.05) is 29.8 Å². The normalized spacial score (nSPS) is 12.2. The fourth-order valence-corrected chi connectivity index (χ4v) is 2.49. The van der Waals surface area contributed by atoms with E-state index in [4.69, 9.17) is 16.3 Å². The van der Waals surface area contributed by atoms with Crippen molar-refractivity contribution in [2.45, 2.75) is 12.5 Å². The Balaban J connectivity index is 2.33. The quantitative estimate of drug-likeness (QED) is 0.900. The summed E-state index contributed by atoms with van der Waals surface area (Å²) in [6.07, 6.45) is 0.633. The van der Waals surface area contributed by atoms with E-state index in [9.17, 15) is 4.39 Å². The van der Waals surface area contributed by atoms with E-state index in [0.29, 0.717) is 22.8 Å². The first-order valence-corrected chi connectivity index (χ1v) is 6.77. The maximum Gasteiger partial charge on any atom is 0.131 e. The fourth-order valence-electron chi connectivity index (χ4n) is 2.28. The molecule has 0 fully saturated rings. The Bertz CT molecular complexity index is 588. The Morgan fingerprint density at radius 3 is 2.65 bits per heavy atom. The predicted molar refractivity (Wildman–Crippen MR) is 79.9 cm³/mol. The highest BCUT2D eigenvalue weighted by Crippen LogP contribution is 2.30. The number of ether oxygens (including phenoxy) is 1. The molecule has 0 aliphatic rings. The maximum absolute atomic E-state index is 14.1. The number of hydrogen-bond acceptors (Lipinski definition) is 2. The molecule has 2 aromatic rings. The van der Waals surface area contributed by atoms with Crippen LogP contribution in [-0.4, -0.2) is 14.2 Å². The molecule has 0 radical (unpaired) electrons. The van der Waals surface area contributed by atoms with E-state index in [2.05, 4.69) is 5.32 Å². The molecule has 2 aromatic carbocycles. The molecule has 0 aliphatic carbocycles. The number of benzene rings is 2. The highest BCUT2D eigenvalue weighted by Gasteiger charge is 2.19. The lowest BCUT2D eigenvalue weighted by Crippen LogP contribution is -2.21. The van der Waals surface area contributed by atoms with E-state index in [0.717, 1.165) is 5.56 Å². The molecule has 1 unspecified atom stereocenters. The average molecular weight is 294 g/mol. The molecule has 0 amide bonds. The molecule has 106 valence electrons. The van der Waals surface area contributed by atoms with Gasteiger partial charge in [-0.15, -0.1) is 0 Å². The molecule has 0 aliphatic heterocycles.